The molecule has 2 aromatic carbocycles. The van der Waals surface area contributed by atoms with E-state index in [-0.39, 0.29) is 30.2 Å². The molecule has 2 aromatic rings. The van der Waals surface area contributed by atoms with Gasteiger partial charge in [0.2, 0.25) is 11.8 Å². The minimum Gasteiger partial charge on any atom is -0.483 e. The monoisotopic (exact) mass is 473 g/mol. The maximum atomic E-state index is 14.2. The maximum Gasteiger partial charge on any atom is 0.249 e. The molecule has 0 bridgehead atoms. The van der Waals surface area contributed by atoms with Crippen LogP contribution in [0.3, 0.4) is 0 Å². The van der Waals surface area contributed by atoms with E-state index < -0.39 is 24.2 Å². The van der Waals surface area contributed by atoms with Gasteiger partial charge < -0.3 is 15.8 Å². The third-order valence-electron chi connectivity index (χ3n) is 6.60. The first-order valence-corrected chi connectivity index (χ1v) is 12.0. The predicted octanol–water partition coefficient (Wildman–Crippen LogP) is 5.15. The molecule has 4 N–H and O–H groups in total. The van der Waals surface area contributed by atoms with Crippen LogP contribution in [0.1, 0.15) is 43.6 Å². The fraction of sp³-hybridized carbons (Fsp3) is 0.440. The number of carbonyl (C=O) groups excluding carboxylic acids is 1. The molecule has 0 radical (unpaired) electrons. The third-order valence-corrected chi connectivity index (χ3v) is 8.09. The van der Waals surface area contributed by atoms with E-state index in [1.807, 2.05) is 48.5 Å². The summed E-state index contributed by atoms with van der Waals surface area (Å²) in [6.45, 7) is -0.0730. The van der Waals surface area contributed by atoms with Gasteiger partial charge in [-0.25, -0.2) is 8.78 Å². The molecule has 0 aromatic heterocycles. The van der Waals surface area contributed by atoms with Crippen molar-refractivity contribution in [2.75, 3.05) is 13.8 Å². The highest BCUT2D eigenvalue weighted by atomic mass is 32.2. The van der Waals surface area contributed by atoms with E-state index in [1.54, 1.807) is 11.8 Å². The van der Waals surface area contributed by atoms with Crippen LogP contribution in [0.5, 0.6) is 0 Å². The molecule has 176 valence electrons. The highest BCUT2D eigenvalue weighted by Gasteiger charge is 2.49. The lowest BCUT2D eigenvalue weighted by molar-refractivity contribution is -0.133. The molecular formula is C25H29F2N3O2S. The summed E-state index contributed by atoms with van der Waals surface area (Å²) in [5.41, 5.74) is 8.28. The van der Waals surface area contributed by atoms with Gasteiger partial charge in [-0.05, 0) is 54.0 Å². The van der Waals surface area contributed by atoms with Gasteiger partial charge in [0.25, 0.3) is 0 Å². The van der Waals surface area contributed by atoms with Gasteiger partial charge in [0.1, 0.15) is 0 Å². The minimum absolute atomic E-state index is 0.0730. The summed E-state index contributed by atoms with van der Waals surface area (Å²) < 4.78 is 33.3. The van der Waals surface area contributed by atoms with Gasteiger partial charge in [-0.1, -0.05) is 36.4 Å². The van der Waals surface area contributed by atoms with Crippen LogP contribution in [-0.4, -0.2) is 36.3 Å². The van der Waals surface area contributed by atoms with Crippen molar-refractivity contribution in [3.8, 4) is 11.1 Å². The highest BCUT2D eigenvalue weighted by Crippen LogP contribution is 2.53. The Morgan fingerprint density at radius 1 is 1.18 bits per heavy atom. The summed E-state index contributed by atoms with van der Waals surface area (Å²) in [6, 6.07) is 15.8. The van der Waals surface area contributed by atoms with Crippen molar-refractivity contribution in [1.29, 1.82) is 5.41 Å². The topological polar surface area (TPSA) is 88.2 Å². The second kappa shape index (κ2) is 9.43. The average Bonchev–Trinajstić information content (AvgIpc) is 3.59. The zero-order valence-corrected chi connectivity index (χ0v) is 19.4. The molecule has 2 saturated carbocycles. The summed E-state index contributed by atoms with van der Waals surface area (Å²) in [5, 5.41) is 10.6. The predicted molar refractivity (Wildman–Crippen MR) is 127 cm³/mol. The van der Waals surface area contributed by atoms with Crippen LogP contribution in [-0.2, 0) is 9.53 Å². The number of nitrogens with two attached hydrogens (primary N) is 1. The number of methoxy groups -OCH3 is 1. The number of nitrogens with one attached hydrogen (secondary N) is 2. The molecule has 2 aliphatic carbocycles. The molecule has 5 nitrogen and oxygen atoms in total. The Kier molecular flexibility index (Phi) is 6.77. The molecule has 2 aliphatic rings. The standard InChI is InChI=1S/C25H29F2N3O2S/c1-32-23(29)24(12-13-24)33-17-8-6-16(7-9-17)18-4-2-3-5-19(18)20-10-11-25(26,27)14-21(20)22(31)30-15-28/h2-9,20-21,29H,10-15,28H2,1H3,(H,30,31)/t20-,21+/m0/s1. The van der Waals surface area contributed by atoms with Crippen molar-refractivity contribution in [2.24, 2.45) is 11.7 Å². The van der Waals surface area contributed by atoms with Gasteiger partial charge in [-0.2, -0.15) is 0 Å². The van der Waals surface area contributed by atoms with E-state index in [1.165, 1.54) is 7.11 Å². The first-order chi connectivity index (χ1) is 15.8. The molecular weight excluding hydrogens is 444 g/mol. The van der Waals surface area contributed by atoms with E-state index in [9.17, 15) is 13.6 Å². The summed E-state index contributed by atoms with van der Waals surface area (Å²) in [4.78, 5) is 13.7. The Hall–Kier alpha value is -2.45. The first-order valence-electron chi connectivity index (χ1n) is 11.2. The second-order valence-electron chi connectivity index (χ2n) is 8.80. The Bertz CT molecular complexity index is 1020. The van der Waals surface area contributed by atoms with Crippen LogP contribution in [0.25, 0.3) is 11.1 Å². The molecule has 2 fully saturated rings. The maximum absolute atomic E-state index is 14.2. The Labute approximate surface area is 197 Å². The Balaban J connectivity index is 1.61. The van der Waals surface area contributed by atoms with Gasteiger partial charge in [-0.15, -0.1) is 11.8 Å². The number of carbonyl (C=O) groups is 1. The van der Waals surface area contributed by atoms with Crippen LogP contribution in [0.2, 0.25) is 0 Å². The van der Waals surface area contributed by atoms with Crippen molar-refractivity contribution in [3.05, 3.63) is 54.1 Å². The van der Waals surface area contributed by atoms with Crippen LogP contribution >= 0.6 is 11.8 Å². The minimum atomic E-state index is -2.85. The van der Waals surface area contributed by atoms with E-state index >= 15 is 0 Å². The number of hydrogen-bond donors (Lipinski definition) is 3. The van der Waals surface area contributed by atoms with Gasteiger partial charge in [0.15, 0.2) is 5.90 Å². The lowest BCUT2D eigenvalue weighted by atomic mass is 9.72. The zero-order chi connectivity index (χ0) is 23.6. The zero-order valence-electron chi connectivity index (χ0n) is 18.6. The number of rotatable bonds is 7. The lowest BCUT2D eigenvalue weighted by Gasteiger charge is -2.36. The SMILES string of the molecule is COC(=N)C1(Sc2ccc(-c3ccccc3[C@@H]3CCC(F)(F)C[C@H]3C(=O)NCN)cc2)CC1. The van der Waals surface area contributed by atoms with Crippen LogP contribution in [0, 0.1) is 11.3 Å². The molecule has 0 unspecified atom stereocenters. The second-order valence-corrected chi connectivity index (χ2v) is 10.3. The summed E-state index contributed by atoms with van der Waals surface area (Å²) >= 11 is 1.64. The van der Waals surface area contributed by atoms with Crippen LogP contribution < -0.4 is 11.1 Å². The number of amides is 1. The van der Waals surface area contributed by atoms with Gasteiger partial charge in [0.05, 0.1) is 24.4 Å². The fourth-order valence-electron chi connectivity index (χ4n) is 4.70. The quantitative estimate of drug-likeness (QED) is 0.295. The van der Waals surface area contributed by atoms with Crippen molar-refractivity contribution in [1.82, 2.24) is 5.32 Å². The first kappa shape index (κ1) is 23.7. The van der Waals surface area contributed by atoms with Crippen molar-refractivity contribution < 1.29 is 18.3 Å². The fourth-order valence-corrected chi connectivity index (χ4v) is 5.91. The molecule has 33 heavy (non-hydrogen) atoms. The Morgan fingerprint density at radius 3 is 2.52 bits per heavy atom. The summed E-state index contributed by atoms with van der Waals surface area (Å²) in [5.74, 6) is -4.10. The Morgan fingerprint density at radius 2 is 1.88 bits per heavy atom. The molecule has 1 amide bonds. The molecule has 0 spiro atoms. The molecule has 0 aliphatic heterocycles. The highest BCUT2D eigenvalue weighted by molar-refractivity contribution is 8.01. The number of benzene rings is 2. The lowest BCUT2D eigenvalue weighted by Crippen LogP contribution is -2.43. The molecule has 4 rings (SSSR count). The number of halogens is 2. The van der Waals surface area contributed by atoms with Gasteiger partial charge >= 0.3 is 0 Å². The number of ether oxygens (including phenoxy) is 1. The molecule has 0 heterocycles. The molecule has 0 saturated heterocycles. The van der Waals surface area contributed by atoms with E-state index in [4.69, 9.17) is 15.9 Å². The molecule has 8 heteroatoms. The number of hydrogen-bond acceptors (Lipinski definition) is 5. The van der Waals surface area contributed by atoms with E-state index in [0.29, 0.717) is 5.90 Å². The van der Waals surface area contributed by atoms with Crippen LogP contribution in [0.15, 0.2) is 53.4 Å². The van der Waals surface area contributed by atoms with Crippen LogP contribution in [0.4, 0.5) is 8.78 Å². The van der Waals surface area contributed by atoms with Crippen molar-refractivity contribution in [3.63, 3.8) is 0 Å². The smallest absolute Gasteiger partial charge is 0.249 e. The van der Waals surface area contributed by atoms with E-state index in [2.05, 4.69) is 5.32 Å². The van der Waals surface area contributed by atoms with Crippen molar-refractivity contribution >= 4 is 23.6 Å². The third kappa shape index (κ3) is 5.06. The normalized spacial score (nSPS) is 22.9. The van der Waals surface area contributed by atoms with Gasteiger partial charge in [0, 0.05) is 17.7 Å². The average molecular weight is 474 g/mol. The van der Waals surface area contributed by atoms with Crippen molar-refractivity contribution in [2.45, 2.75) is 53.6 Å². The van der Waals surface area contributed by atoms with Gasteiger partial charge in [-0.3, -0.25) is 10.2 Å². The largest absolute Gasteiger partial charge is 0.483 e. The summed E-state index contributed by atoms with van der Waals surface area (Å²) in [6.07, 6.45) is 1.38. The number of thioether (sulfide) groups is 1. The van der Waals surface area contributed by atoms with E-state index in [0.717, 1.165) is 34.4 Å². The summed E-state index contributed by atoms with van der Waals surface area (Å²) in [7, 11) is 1.53. The number of alkyl halides is 2. The molecule has 2 atom stereocenters.